The van der Waals surface area contributed by atoms with Gasteiger partial charge >= 0.3 is 0 Å². The highest BCUT2D eigenvalue weighted by atomic mass is 16.4. The second-order valence-electron chi connectivity index (χ2n) is 5.30. The van der Waals surface area contributed by atoms with Crippen LogP contribution in [0, 0.1) is 6.92 Å². The van der Waals surface area contributed by atoms with Gasteiger partial charge in [0.25, 0.3) is 0 Å². The Bertz CT molecular complexity index is 457. The molecule has 5 heteroatoms. The Kier molecular flexibility index (Phi) is 6.28. The third kappa shape index (κ3) is 4.11. The predicted molar refractivity (Wildman–Crippen MR) is 83.5 cm³/mol. The minimum Gasteiger partial charge on any atom is -0.409 e. The van der Waals surface area contributed by atoms with Crippen molar-refractivity contribution in [2.75, 3.05) is 11.4 Å². The Morgan fingerprint density at radius 2 is 2.10 bits per heavy atom. The summed E-state index contributed by atoms with van der Waals surface area (Å²) in [6.07, 6.45) is 3.48. The monoisotopic (exact) mass is 278 g/mol. The SMILES string of the molecule is CCCCCN(c1nc(C)ccc1C(N)=NO)C(C)C. The summed E-state index contributed by atoms with van der Waals surface area (Å²) in [5.41, 5.74) is 7.38. The number of anilines is 1. The summed E-state index contributed by atoms with van der Waals surface area (Å²) in [6, 6.07) is 4.05. The van der Waals surface area contributed by atoms with E-state index in [0.717, 1.165) is 24.5 Å². The lowest BCUT2D eigenvalue weighted by atomic mass is 10.1. The third-order valence-corrected chi connectivity index (χ3v) is 3.30. The van der Waals surface area contributed by atoms with Gasteiger partial charge in [-0.1, -0.05) is 24.9 Å². The van der Waals surface area contributed by atoms with Crippen molar-refractivity contribution < 1.29 is 5.21 Å². The third-order valence-electron chi connectivity index (χ3n) is 3.30. The van der Waals surface area contributed by atoms with Crippen LogP contribution in [0.25, 0.3) is 0 Å². The lowest BCUT2D eigenvalue weighted by molar-refractivity contribution is 0.318. The van der Waals surface area contributed by atoms with Gasteiger partial charge in [0.1, 0.15) is 5.82 Å². The Balaban J connectivity index is 3.13. The normalized spacial score (nSPS) is 11.9. The molecule has 0 radical (unpaired) electrons. The van der Waals surface area contributed by atoms with Crippen LogP contribution in [0.4, 0.5) is 5.82 Å². The average molecular weight is 278 g/mol. The van der Waals surface area contributed by atoms with E-state index in [9.17, 15) is 0 Å². The molecule has 0 amide bonds. The molecular formula is C15H26N4O. The topological polar surface area (TPSA) is 74.7 Å². The molecule has 0 aliphatic rings. The number of nitrogens with two attached hydrogens (primary N) is 1. The smallest absolute Gasteiger partial charge is 0.173 e. The number of aromatic nitrogens is 1. The second-order valence-corrected chi connectivity index (χ2v) is 5.30. The van der Waals surface area contributed by atoms with E-state index >= 15 is 0 Å². The van der Waals surface area contributed by atoms with E-state index in [1.165, 1.54) is 12.8 Å². The zero-order valence-electron chi connectivity index (χ0n) is 12.9. The van der Waals surface area contributed by atoms with Crippen molar-refractivity contribution in [3.63, 3.8) is 0 Å². The molecule has 1 rings (SSSR count). The molecule has 0 saturated carbocycles. The zero-order chi connectivity index (χ0) is 15.1. The van der Waals surface area contributed by atoms with Crippen molar-refractivity contribution >= 4 is 11.7 Å². The van der Waals surface area contributed by atoms with Crippen molar-refractivity contribution in [2.45, 2.75) is 53.0 Å². The Hall–Kier alpha value is -1.78. The molecule has 3 N–H and O–H groups in total. The first kappa shape index (κ1) is 16.3. The summed E-state index contributed by atoms with van der Waals surface area (Å²) in [5, 5.41) is 12.0. The molecule has 1 aromatic rings. The van der Waals surface area contributed by atoms with Crippen LogP contribution >= 0.6 is 0 Å². The van der Waals surface area contributed by atoms with Crippen LogP contribution in [0.5, 0.6) is 0 Å². The number of hydrogen-bond acceptors (Lipinski definition) is 4. The molecule has 1 heterocycles. The van der Waals surface area contributed by atoms with Crippen LogP contribution in [0.1, 0.15) is 51.3 Å². The highest BCUT2D eigenvalue weighted by molar-refractivity contribution is 6.01. The van der Waals surface area contributed by atoms with Crippen LogP contribution in [0.2, 0.25) is 0 Å². The molecule has 20 heavy (non-hydrogen) atoms. The number of aryl methyl sites for hydroxylation is 1. The summed E-state index contributed by atoms with van der Waals surface area (Å²) < 4.78 is 0. The van der Waals surface area contributed by atoms with Gasteiger partial charge in [0.2, 0.25) is 0 Å². The van der Waals surface area contributed by atoms with E-state index in [4.69, 9.17) is 10.9 Å². The number of pyridine rings is 1. The molecule has 0 aromatic carbocycles. The van der Waals surface area contributed by atoms with Crippen LogP contribution in [-0.4, -0.2) is 28.6 Å². The zero-order valence-corrected chi connectivity index (χ0v) is 12.9. The van der Waals surface area contributed by atoms with Crippen molar-refractivity contribution in [1.82, 2.24) is 4.98 Å². The van der Waals surface area contributed by atoms with E-state index in [1.54, 1.807) is 0 Å². The van der Waals surface area contributed by atoms with Crippen molar-refractivity contribution in [3.05, 3.63) is 23.4 Å². The number of unbranched alkanes of at least 4 members (excludes halogenated alkanes) is 2. The number of amidine groups is 1. The molecule has 0 fully saturated rings. The van der Waals surface area contributed by atoms with Gasteiger partial charge in [0, 0.05) is 18.3 Å². The van der Waals surface area contributed by atoms with Crippen LogP contribution in [0.3, 0.4) is 0 Å². The molecule has 0 saturated heterocycles. The number of oxime groups is 1. The van der Waals surface area contributed by atoms with Crippen LogP contribution < -0.4 is 10.6 Å². The number of nitrogens with zero attached hydrogens (tertiary/aromatic N) is 3. The standard InChI is InChI=1S/C15H26N4O/c1-5-6-7-10-19(11(2)3)15-13(14(16)18-20)9-8-12(4)17-15/h8-9,11,20H,5-7,10H2,1-4H3,(H2,16,18). The average Bonchev–Trinajstić information content (AvgIpc) is 2.42. The maximum atomic E-state index is 8.93. The number of rotatable bonds is 7. The summed E-state index contributed by atoms with van der Waals surface area (Å²) in [5.74, 6) is 0.903. The van der Waals surface area contributed by atoms with Gasteiger partial charge < -0.3 is 15.8 Å². The Labute approximate surface area is 121 Å². The molecule has 112 valence electrons. The first-order valence-corrected chi connectivity index (χ1v) is 7.23. The van der Waals surface area contributed by atoms with E-state index in [0.29, 0.717) is 11.6 Å². The molecule has 0 aliphatic heterocycles. The van der Waals surface area contributed by atoms with Crippen LogP contribution in [0.15, 0.2) is 17.3 Å². The molecule has 0 aliphatic carbocycles. The van der Waals surface area contributed by atoms with E-state index < -0.39 is 0 Å². The fourth-order valence-corrected chi connectivity index (χ4v) is 2.16. The molecule has 1 aromatic heterocycles. The Morgan fingerprint density at radius 3 is 2.65 bits per heavy atom. The van der Waals surface area contributed by atoms with Crippen molar-refractivity contribution in [2.24, 2.45) is 10.9 Å². The lowest BCUT2D eigenvalue weighted by Gasteiger charge is -2.29. The highest BCUT2D eigenvalue weighted by Crippen LogP contribution is 2.21. The summed E-state index contributed by atoms with van der Waals surface area (Å²) in [7, 11) is 0. The molecule has 0 unspecified atom stereocenters. The van der Waals surface area contributed by atoms with E-state index in [1.807, 2.05) is 19.1 Å². The quantitative estimate of drug-likeness (QED) is 0.264. The van der Waals surface area contributed by atoms with Gasteiger partial charge in [-0.2, -0.15) is 0 Å². The molecule has 0 atom stereocenters. The maximum absolute atomic E-state index is 8.93. The fourth-order valence-electron chi connectivity index (χ4n) is 2.16. The number of hydrogen-bond donors (Lipinski definition) is 2. The van der Waals surface area contributed by atoms with Gasteiger partial charge in [0.15, 0.2) is 5.84 Å². The largest absolute Gasteiger partial charge is 0.409 e. The second kappa shape index (κ2) is 7.72. The van der Waals surface area contributed by atoms with Gasteiger partial charge in [-0.05, 0) is 39.3 Å². The van der Waals surface area contributed by atoms with Gasteiger partial charge in [-0.15, -0.1) is 0 Å². The maximum Gasteiger partial charge on any atom is 0.173 e. The van der Waals surface area contributed by atoms with Crippen LogP contribution in [-0.2, 0) is 0 Å². The minimum atomic E-state index is 0.105. The summed E-state index contributed by atoms with van der Waals surface area (Å²) in [4.78, 5) is 6.81. The highest BCUT2D eigenvalue weighted by Gasteiger charge is 2.18. The Morgan fingerprint density at radius 1 is 1.40 bits per heavy atom. The van der Waals surface area contributed by atoms with Crippen molar-refractivity contribution in [3.8, 4) is 0 Å². The van der Waals surface area contributed by atoms with Gasteiger partial charge in [0.05, 0.1) is 5.56 Å². The molecule has 0 bridgehead atoms. The molecule has 0 spiro atoms. The predicted octanol–water partition coefficient (Wildman–Crippen LogP) is 2.89. The first-order chi connectivity index (χ1) is 9.51. The van der Waals surface area contributed by atoms with Gasteiger partial charge in [-0.3, -0.25) is 0 Å². The first-order valence-electron chi connectivity index (χ1n) is 7.23. The van der Waals surface area contributed by atoms with Gasteiger partial charge in [-0.25, -0.2) is 4.98 Å². The summed E-state index contributed by atoms with van der Waals surface area (Å²) in [6.45, 7) is 9.32. The summed E-state index contributed by atoms with van der Waals surface area (Å²) >= 11 is 0. The van der Waals surface area contributed by atoms with E-state index in [2.05, 4.69) is 35.8 Å². The van der Waals surface area contributed by atoms with Crippen molar-refractivity contribution in [1.29, 1.82) is 0 Å². The lowest BCUT2D eigenvalue weighted by Crippen LogP contribution is -2.35. The minimum absolute atomic E-state index is 0.105. The molecule has 5 nitrogen and oxygen atoms in total. The fraction of sp³-hybridized carbons (Fsp3) is 0.600. The molecular weight excluding hydrogens is 252 g/mol. The van der Waals surface area contributed by atoms with E-state index in [-0.39, 0.29) is 5.84 Å².